The highest BCUT2D eigenvalue weighted by Gasteiger charge is 2.33. The topological polar surface area (TPSA) is 29.1 Å². The van der Waals surface area contributed by atoms with Gasteiger partial charge in [0.1, 0.15) is 0 Å². The van der Waals surface area contributed by atoms with Gasteiger partial charge in [-0.15, -0.1) is 11.6 Å². The minimum atomic E-state index is -0.258. The highest BCUT2D eigenvalue weighted by Crippen LogP contribution is 2.30. The molecule has 0 saturated heterocycles. The molecule has 0 unspecified atom stereocenters. The van der Waals surface area contributed by atoms with Crippen LogP contribution in [0.1, 0.15) is 42.5 Å². The van der Waals surface area contributed by atoms with Crippen molar-refractivity contribution in [2.24, 2.45) is 0 Å². The number of nitrogens with one attached hydrogen (secondary N) is 1. The summed E-state index contributed by atoms with van der Waals surface area (Å²) in [6.07, 6.45) is 5.35. The summed E-state index contributed by atoms with van der Waals surface area (Å²) in [6, 6.07) is 5.20. The Morgan fingerprint density at radius 2 is 1.95 bits per heavy atom. The summed E-state index contributed by atoms with van der Waals surface area (Å²) in [5.74, 6) is 0.353. The average molecular weight is 365 g/mol. The number of carbonyl (C=O) groups excluding carboxylic acids is 1. The first-order valence-electron chi connectivity index (χ1n) is 6.39. The summed E-state index contributed by atoms with van der Waals surface area (Å²) in [5, 5.41) is 3.65. The number of amides is 1. The van der Waals surface area contributed by atoms with Gasteiger partial charge in [0.2, 0.25) is 0 Å². The van der Waals surface area contributed by atoms with E-state index in [2.05, 4.69) is 21.2 Å². The van der Waals surface area contributed by atoms with Gasteiger partial charge in [-0.1, -0.05) is 46.8 Å². The average Bonchev–Trinajstić information content (AvgIpc) is 2.38. The zero-order valence-corrected chi connectivity index (χ0v) is 13.6. The van der Waals surface area contributed by atoms with Gasteiger partial charge in [0.25, 0.3) is 5.91 Å². The molecule has 0 aliphatic heterocycles. The maximum absolute atomic E-state index is 12.3. The van der Waals surface area contributed by atoms with Crippen LogP contribution in [-0.2, 0) is 0 Å². The van der Waals surface area contributed by atoms with Crippen molar-refractivity contribution in [3.63, 3.8) is 0 Å². The third-order valence-corrected chi connectivity index (χ3v) is 4.76. The molecule has 5 heteroatoms. The molecular formula is C14H16BrCl2NO. The van der Waals surface area contributed by atoms with E-state index >= 15 is 0 Å². The number of benzene rings is 1. The number of hydrogen-bond donors (Lipinski definition) is 1. The lowest BCUT2D eigenvalue weighted by Gasteiger charge is -2.36. The van der Waals surface area contributed by atoms with Gasteiger partial charge in [-0.2, -0.15) is 0 Å². The smallest absolute Gasteiger partial charge is 0.251 e. The van der Waals surface area contributed by atoms with E-state index in [0.717, 1.165) is 30.2 Å². The van der Waals surface area contributed by atoms with Crippen LogP contribution in [0.3, 0.4) is 0 Å². The number of rotatable bonds is 3. The quantitative estimate of drug-likeness (QED) is 0.768. The van der Waals surface area contributed by atoms with E-state index in [4.69, 9.17) is 23.2 Å². The Labute approximate surface area is 132 Å². The minimum Gasteiger partial charge on any atom is -0.345 e. The van der Waals surface area contributed by atoms with Crippen molar-refractivity contribution in [1.82, 2.24) is 5.32 Å². The lowest BCUT2D eigenvalue weighted by atomic mass is 9.83. The summed E-state index contributed by atoms with van der Waals surface area (Å²) in [4.78, 5) is 12.3. The van der Waals surface area contributed by atoms with Crippen LogP contribution >= 0.6 is 39.1 Å². The first-order chi connectivity index (χ1) is 9.04. The molecule has 2 rings (SSSR count). The lowest BCUT2D eigenvalue weighted by molar-refractivity contribution is 0.0884. The molecule has 0 atom stereocenters. The first kappa shape index (κ1) is 15.1. The van der Waals surface area contributed by atoms with Crippen LogP contribution in [0.25, 0.3) is 0 Å². The second-order valence-electron chi connectivity index (χ2n) is 5.09. The van der Waals surface area contributed by atoms with Crippen LogP contribution in [0.2, 0.25) is 5.02 Å². The first-order valence-corrected chi connectivity index (χ1v) is 8.10. The maximum atomic E-state index is 12.3. The Hall–Kier alpha value is -0.250. The third-order valence-electron chi connectivity index (χ3n) is 3.57. The van der Waals surface area contributed by atoms with Gasteiger partial charge in [0, 0.05) is 20.9 Å². The molecular weight excluding hydrogens is 349 g/mol. The van der Waals surface area contributed by atoms with E-state index in [0.29, 0.717) is 16.5 Å². The molecule has 0 bridgehead atoms. The fourth-order valence-corrected chi connectivity index (χ4v) is 3.71. The van der Waals surface area contributed by atoms with Gasteiger partial charge in [-0.05, 0) is 31.0 Å². The Morgan fingerprint density at radius 1 is 1.26 bits per heavy atom. The third kappa shape index (κ3) is 3.87. The standard InChI is InChI=1S/C14H16BrCl2NO/c15-11-6-10(7-12(17)8-11)13(19)18-14(9-16)4-2-1-3-5-14/h6-8H,1-5,9H2,(H,18,19). The van der Waals surface area contributed by atoms with Crippen molar-refractivity contribution >= 4 is 45.0 Å². The van der Waals surface area contributed by atoms with Gasteiger partial charge < -0.3 is 5.32 Å². The summed E-state index contributed by atoms with van der Waals surface area (Å²) in [6.45, 7) is 0. The summed E-state index contributed by atoms with van der Waals surface area (Å²) in [5.41, 5.74) is 0.306. The molecule has 0 aromatic heterocycles. The van der Waals surface area contributed by atoms with E-state index < -0.39 is 0 Å². The predicted octanol–water partition coefficient (Wildman–Crippen LogP) is 4.77. The van der Waals surface area contributed by atoms with Crippen molar-refractivity contribution in [2.75, 3.05) is 5.88 Å². The zero-order chi connectivity index (χ0) is 13.9. The van der Waals surface area contributed by atoms with Crippen molar-refractivity contribution in [3.8, 4) is 0 Å². The van der Waals surface area contributed by atoms with Gasteiger partial charge in [-0.3, -0.25) is 4.79 Å². The summed E-state index contributed by atoms with van der Waals surface area (Å²) < 4.78 is 0.800. The lowest BCUT2D eigenvalue weighted by Crippen LogP contribution is -2.51. The Bertz CT molecular complexity index is 452. The second kappa shape index (κ2) is 6.47. The van der Waals surface area contributed by atoms with Crippen LogP contribution in [-0.4, -0.2) is 17.3 Å². The molecule has 1 amide bonds. The van der Waals surface area contributed by atoms with Gasteiger partial charge in [-0.25, -0.2) is 0 Å². The Morgan fingerprint density at radius 3 is 2.53 bits per heavy atom. The number of halogens is 3. The zero-order valence-electron chi connectivity index (χ0n) is 10.5. The van der Waals surface area contributed by atoms with Crippen molar-refractivity contribution in [2.45, 2.75) is 37.6 Å². The van der Waals surface area contributed by atoms with Crippen molar-refractivity contribution in [1.29, 1.82) is 0 Å². The summed E-state index contributed by atoms with van der Waals surface area (Å²) >= 11 is 15.4. The molecule has 1 fully saturated rings. The van der Waals surface area contributed by atoms with Crippen LogP contribution in [0.15, 0.2) is 22.7 Å². The molecule has 1 aliphatic carbocycles. The fraction of sp³-hybridized carbons (Fsp3) is 0.500. The number of carbonyl (C=O) groups is 1. The molecule has 19 heavy (non-hydrogen) atoms. The van der Waals surface area contributed by atoms with E-state index in [1.165, 1.54) is 6.42 Å². The van der Waals surface area contributed by atoms with Crippen molar-refractivity contribution in [3.05, 3.63) is 33.3 Å². The van der Waals surface area contributed by atoms with Crippen LogP contribution in [0, 0.1) is 0 Å². The molecule has 1 aliphatic rings. The Balaban J connectivity index is 2.15. The number of alkyl halides is 1. The highest BCUT2D eigenvalue weighted by atomic mass is 79.9. The molecule has 104 valence electrons. The van der Waals surface area contributed by atoms with Crippen LogP contribution in [0.4, 0.5) is 0 Å². The number of hydrogen-bond acceptors (Lipinski definition) is 1. The molecule has 1 saturated carbocycles. The van der Waals surface area contributed by atoms with Crippen molar-refractivity contribution < 1.29 is 4.79 Å². The SMILES string of the molecule is O=C(NC1(CCl)CCCCC1)c1cc(Cl)cc(Br)c1. The molecule has 0 heterocycles. The van der Waals surface area contributed by atoms with Gasteiger partial charge in [0.05, 0.1) is 5.54 Å². The van der Waals surface area contributed by atoms with E-state index in [1.807, 2.05) is 0 Å². The monoisotopic (exact) mass is 363 g/mol. The molecule has 0 spiro atoms. The second-order valence-corrected chi connectivity index (χ2v) is 6.71. The molecule has 0 radical (unpaired) electrons. The molecule has 1 aromatic rings. The van der Waals surface area contributed by atoms with Crippen LogP contribution in [0.5, 0.6) is 0 Å². The molecule has 1 aromatic carbocycles. The maximum Gasteiger partial charge on any atom is 0.251 e. The van der Waals surface area contributed by atoms with Gasteiger partial charge in [0.15, 0.2) is 0 Å². The normalized spacial score (nSPS) is 18.1. The van der Waals surface area contributed by atoms with Gasteiger partial charge >= 0.3 is 0 Å². The fourth-order valence-electron chi connectivity index (χ4n) is 2.52. The molecule has 1 N–H and O–H groups in total. The highest BCUT2D eigenvalue weighted by molar-refractivity contribution is 9.10. The largest absolute Gasteiger partial charge is 0.345 e. The van der Waals surface area contributed by atoms with E-state index in [1.54, 1.807) is 18.2 Å². The predicted molar refractivity (Wildman–Crippen MR) is 83.2 cm³/mol. The minimum absolute atomic E-state index is 0.106. The van der Waals surface area contributed by atoms with E-state index in [-0.39, 0.29) is 11.4 Å². The van der Waals surface area contributed by atoms with E-state index in [9.17, 15) is 4.79 Å². The molecule has 2 nitrogen and oxygen atoms in total. The van der Waals surface area contributed by atoms with Crippen LogP contribution < -0.4 is 5.32 Å². The Kier molecular flexibility index (Phi) is 5.15. The summed E-state index contributed by atoms with van der Waals surface area (Å²) in [7, 11) is 0.